The van der Waals surface area contributed by atoms with E-state index in [1.165, 1.54) is 11.3 Å². The van der Waals surface area contributed by atoms with E-state index in [-0.39, 0.29) is 6.16 Å². The number of nitrogens with zero attached hydrogens (tertiary/aromatic N) is 2. The predicted octanol–water partition coefficient (Wildman–Crippen LogP) is 2.35. The maximum absolute atomic E-state index is 12.2. The molecule has 0 aliphatic rings. The highest BCUT2D eigenvalue weighted by Gasteiger charge is 2.26. The minimum absolute atomic E-state index is 0.175. The Balaban J connectivity index is 2.71. The number of rotatable bonds is 7. The summed E-state index contributed by atoms with van der Waals surface area (Å²) >= 11 is 1.35. The normalized spacial score (nSPS) is 11.7. The van der Waals surface area contributed by atoms with Crippen LogP contribution in [0.3, 0.4) is 0 Å². The summed E-state index contributed by atoms with van der Waals surface area (Å²) in [4.78, 5) is 0. The molecule has 1 aromatic heterocycles. The van der Waals surface area contributed by atoms with Crippen molar-refractivity contribution in [2.75, 3.05) is 25.6 Å². The molecule has 0 saturated carbocycles. The third kappa shape index (κ3) is 3.83. The molecule has 0 aliphatic heterocycles. The summed E-state index contributed by atoms with van der Waals surface area (Å²) in [5, 5.41) is 12.0. The molecular weight excluding hydrogens is 249 g/mol. The Kier molecular flexibility index (Phi) is 5.34. The second kappa shape index (κ2) is 6.30. The Morgan fingerprint density at radius 1 is 1.31 bits per heavy atom. The first-order chi connectivity index (χ1) is 7.63. The fourth-order valence-electron chi connectivity index (χ4n) is 1.11. The van der Waals surface area contributed by atoms with E-state index in [4.69, 9.17) is 9.05 Å². The lowest BCUT2D eigenvalue weighted by Crippen LogP contribution is -1.98. The van der Waals surface area contributed by atoms with Crippen molar-refractivity contribution in [3.8, 4) is 0 Å². The quantitative estimate of drug-likeness (QED) is 0.763. The van der Waals surface area contributed by atoms with Crippen LogP contribution in [-0.2, 0) is 19.8 Å². The van der Waals surface area contributed by atoms with Gasteiger partial charge in [0.05, 0.1) is 13.2 Å². The number of nitrogens with one attached hydrogen (secondary N) is 1. The lowest BCUT2D eigenvalue weighted by atomic mass is 10.9. The molecule has 1 heterocycles. The molecule has 0 unspecified atom stereocenters. The zero-order valence-electron chi connectivity index (χ0n) is 9.60. The summed E-state index contributed by atoms with van der Waals surface area (Å²) in [6.07, 6.45) is 0.175. The van der Waals surface area contributed by atoms with Gasteiger partial charge in [-0.3, -0.25) is 4.57 Å². The molecule has 0 aromatic carbocycles. The SMILES string of the molecule is CCOP(=O)(Cc1nnc(NC)s1)OCC. The molecule has 0 fully saturated rings. The summed E-state index contributed by atoms with van der Waals surface area (Å²) < 4.78 is 22.5. The van der Waals surface area contributed by atoms with Crippen LogP contribution in [0.4, 0.5) is 5.13 Å². The van der Waals surface area contributed by atoms with Crippen molar-refractivity contribution < 1.29 is 13.6 Å². The van der Waals surface area contributed by atoms with E-state index >= 15 is 0 Å². The molecule has 0 amide bonds. The first-order valence-corrected chi connectivity index (χ1v) is 7.56. The van der Waals surface area contributed by atoms with E-state index in [0.717, 1.165) is 0 Å². The minimum Gasteiger partial charge on any atom is -0.363 e. The van der Waals surface area contributed by atoms with E-state index in [1.807, 2.05) is 0 Å². The van der Waals surface area contributed by atoms with Crippen LogP contribution in [0.1, 0.15) is 18.9 Å². The summed E-state index contributed by atoms with van der Waals surface area (Å²) in [6.45, 7) is 4.28. The molecule has 1 rings (SSSR count). The van der Waals surface area contributed by atoms with E-state index in [0.29, 0.717) is 23.4 Å². The molecule has 0 atom stereocenters. The van der Waals surface area contributed by atoms with E-state index in [2.05, 4.69) is 15.5 Å². The summed E-state index contributed by atoms with van der Waals surface area (Å²) in [5.41, 5.74) is 0. The van der Waals surface area contributed by atoms with E-state index in [1.54, 1.807) is 20.9 Å². The molecule has 1 aromatic rings. The molecular formula is C8H16N3O3PS. The second-order valence-electron chi connectivity index (χ2n) is 2.86. The largest absolute Gasteiger partial charge is 0.363 e. The Labute approximate surface area is 98.9 Å². The molecule has 1 N–H and O–H groups in total. The molecule has 8 heteroatoms. The lowest BCUT2D eigenvalue weighted by Gasteiger charge is -2.14. The van der Waals surface area contributed by atoms with Gasteiger partial charge in [-0.2, -0.15) is 0 Å². The third-order valence-electron chi connectivity index (χ3n) is 1.66. The number of hydrogen-bond acceptors (Lipinski definition) is 7. The first kappa shape index (κ1) is 13.6. The van der Waals surface area contributed by atoms with Crippen LogP contribution in [0.15, 0.2) is 0 Å². The van der Waals surface area contributed by atoms with Crippen molar-refractivity contribution in [3.63, 3.8) is 0 Å². The maximum atomic E-state index is 12.2. The van der Waals surface area contributed by atoms with Gasteiger partial charge in [-0.25, -0.2) is 0 Å². The minimum atomic E-state index is -3.06. The predicted molar refractivity (Wildman–Crippen MR) is 64.0 cm³/mol. The number of anilines is 1. The number of hydrogen-bond donors (Lipinski definition) is 1. The Morgan fingerprint density at radius 3 is 2.38 bits per heavy atom. The van der Waals surface area contributed by atoms with Crippen molar-refractivity contribution in [1.82, 2.24) is 10.2 Å². The summed E-state index contributed by atoms with van der Waals surface area (Å²) in [6, 6.07) is 0. The Hall–Kier alpha value is -0.490. The van der Waals surface area contributed by atoms with Crippen molar-refractivity contribution in [3.05, 3.63) is 5.01 Å². The van der Waals surface area contributed by atoms with Crippen LogP contribution in [0.25, 0.3) is 0 Å². The molecule has 6 nitrogen and oxygen atoms in total. The fourth-order valence-corrected chi connectivity index (χ4v) is 3.77. The van der Waals surface area contributed by atoms with Gasteiger partial charge in [0.2, 0.25) is 5.13 Å². The molecule has 0 aliphatic carbocycles. The van der Waals surface area contributed by atoms with Crippen LogP contribution in [-0.4, -0.2) is 30.5 Å². The summed E-state index contributed by atoms with van der Waals surface area (Å²) in [5.74, 6) is 0. The maximum Gasteiger partial charge on any atom is 0.337 e. The molecule has 0 saturated heterocycles. The van der Waals surface area contributed by atoms with Crippen LogP contribution in [0.5, 0.6) is 0 Å². The average Bonchev–Trinajstić information content (AvgIpc) is 2.65. The van der Waals surface area contributed by atoms with Crippen LogP contribution in [0.2, 0.25) is 0 Å². The van der Waals surface area contributed by atoms with Gasteiger partial charge in [-0.05, 0) is 13.8 Å². The highest BCUT2D eigenvalue weighted by molar-refractivity contribution is 7.53. The van der Waals surface area contributed by atoms with Crippen molar-refractivity contribution in [2.24, 2.45) is 0 Å². The lowest BCUT2D eigenvalue weighted by molar-refractivity contribution is 0.219. The smallest absolute Gasteiger partial charge is 0.337 e. The second-order valence-corrected chi connectivity index (χ2v) is 5.97. The van der Waals surface area contributed by atoms with E-state index < -0.39 is 7.60 Å². The fraction of sp³-hybridized carbons (Fsp3) is 0.750. The first-order valence-electron chi connectivity index (χ1n) is 5.01. The molecule has 0 radical (unpaired) electrons. The van der Waals surface area contributed by atoms with Gasteiger partial charge < -0.3 is 14.4 Å². The van der Waals surface area contributed by atoms with Crippen molar-refractivity contribution >= 4 is 24.1 Å². The third-order valence-corrected chi connectivity index (χ3v) is 4.81. The van der Waals surface area contributed by atoms with Crippen molar-refractivity contribution in [1.29, 1.82) is 0 Å². The van der Waals surface area contributed by atoms with Crippen LogP contribution in [0, 0.1) is 0 Å². The topological polar surface area (TPSA) is 73.3 Å². The van der Waals surface area contributed by atoms with Gasteiger partial charge in [-0.15, -0.1) is 10.2 Å². The highest BCUT2D eigenvalue weighted by atomic mass is 32.1. The van der Waals surface area contributed by atoms with Crippen molar-refractivity contribution in [2.45, 2.75) is 20.0 Å². The molecule has 16 heavy (non-hydrogen) atoms. The highest BCUT2D eigenvalue weighted by Crippen LogP contribution is 2.51. The Bertz CT molecular complexity index is 361. The Morgan fingerprint density at radius 2 is 1.94 bits per heavy atom. The number of aromatic nitrogens is 2. The zero-order chi connectivity index (χ0) is 12.0. The molecule has 0 bridgehead atoms. The van der Waals surface area contributed by atoms with Gasteiger partial charge >= 0.3 is 7.60 Å². The van der Waals surface area contributed by atoms with Crippen LogP contribution < -0.4 is 5.32 Å². The average molecular weight is 265 g/mol. The monoisotopic (exact) mass is 265 g/mol. The van der Waals surface area contributed by atoms with Gasteiger partial charge in [0.25, 0.3) is 0 Å². The van der Waals surface area contributed by atoms with Gasteiger partial charge in [0, 0.05) is 7.05 Å². The van der Waals surface area contributed by atoms with Crippen LogP contribution >= 0.6 is 18.9 Å². The molecule has 0 spiro atoms. The van der Waals surface area contributed by atoms with Gasteiger partial charge in [-0.1, -0.05) is 11.3 Å². The standard InChI is InChI=1S/C8H16N3O3PS/c1-4-13-15(12,14-5-2)6-7-10-11-8(9-3)16-7/h4-6H2,1-3H3,(H,9,11). The van der Waals surface area contributed by atoms with Gasteiger partial charge in [0.1, 0.15) is 11.2 Å². The zero-order valence-corrected chi connectivity index (χ0v) is 11.3. The molecule has 92 valence electrons. The van der Waals surface area contributed by atoms with E-state index in [9.17, 15) is 4.57 Å². The van der Waals surface area contributed by atoms with Gasteiger partial charge in [0.15, 0.2) is 0 Å². The summed E-state index contributed by atoms with van der Waals surface area (Å²) in [7, 11) is -1.30.